The van der Waals surface area contributed by atoms with Gasteiger partial charge < -0.3 is 0 Å². The fraction of sp³-hybridized carbons (Fsp3) is 0.273. The van der Waals surface area contributed by atoms with E-state index in [0.717, 1.165) is 5.56 Å². The first-order valence-corrected chi connectivity index (χ1v) is 8.43. The highest BCUT2D eigenvalue weighted by molar-refractivity contribution is 6.16. The lowest BCUT2D eigenvalue weighted by Gasteiger charge is -2.31. The standard InChI is InChI=1S/C22H22O4/c1-14(23)19-11-8-12-20(21(19)15(2)24)22(16(3)25,17(4)26)13-18-9-6-5-7-10-18/h5-12H,13H2,1-4H3. The fourth-order valence-electron chi connectivity index (χ4n) is 3.45. The van der Waals surface area contributed by atoms with Gasteiger partial charge in [0.25, 0.3) is 0 Å². The Morgan fingerprint density at radius 3 is 1.77 bits per heavy atom. The number of carbonyl (C=O) groups is 4. The third kappa shape index (κ3) is 3.40. The van der Waals surface area contributed by atoms with Crippen molar-refractivity contribution in [1.82, 2.24) is 0 Å². The summed E-state index contributed by atoms with van der Waals surface area (Å²) >= 11 is 0. The van der Waals surface area contributed by atoms with Crippen LogP contribution in [0.5, 0.6) is 0 Å². The zero-order valence-electron chi connectivity index (χ0n) is 15.5. The van der Waals surface area contributed by atoms with Crippen molar-refractivity contribution < 1.29 is 19.2 Å². The molecule has 0 bridgehead atoms. The molecule has 0 N–H and O–H groups in total. The van der Waals surface area contributed by atoms with Crippen LogP contribution in [0.2, 0.25) is 0 Å². The van der Waals surface area contributed by atoms with Crippen LogP contribution in [0, 0.1) is 0 Å². The Labute approximate surface area is 153 Å². The van der Waals surface area contributed by atoms with Gasteiger partial charge in [0.2, 0.25) is 0 Å². The second-order valence-electron chi connectivity index (χ2n) is 6.52. The number of rotatable bonds is 7. The normalized spacial score (nSPS) is 11.1. The molecule has 0 atom stereocenters. The molecule has 0 aliphatic rings. The quantitative estimate of drug-likeness (QED) is 0.563. The minimum atomic E-state index is -1.51. The number of benzene rings is 2. The largest absolute Gasteiger partial charge is 0.299 e. The molecule has 0 saturated heterocycles. The molecule has 2 aromatic carbocycles. The Balaban J connectivity index is 2.85. The molecule has 0 radical (unpaired) electrons. The second kappa shape index (κ2) is 7.56. The van der Waals surface area contributed by atoms with Gasteiger partial charge in [-0.1, -0.05) is 48.5 Å². The Hall–Kier alpha value is -2.88. The van der Waals surface area contributed by atoms with Crippen molar-refractivity contribution in [3.63, 3.8) is 0 Å². The SMILES string of the molecule is CC(=O)c1cccc(C(Cc2ccccc2)(C(C)=O)C(C)=O)c1C(C)=O. The van der Waals surface area contributed by atoms with Crippen LogP contribution in [-0.2, 0) is 21.4 Å². The highest BCUT2D eigenvalue weighted by Gasteiger charge is 2.45. The van der Waals surface area contributed by atoms with E-state index in [1.54, 1.807) is 18.2 Å². The summed E-state index contributed by atoms with van der Waals surface area (Å²) in [6, 6.07) is 14.0. The van der Waals surface area contributed by atoms with Crippen LogP contribution in [0.1, 0.15) is 59.5 Å². The van der Waals surface area contributed by atoms with Gasteiger partial charge in [0.05, 0.1) is 0 Å². The summed E-state index contributed by atoms with van der Waals surface area (Å²) in [4.78, 5) is 49.9. The predicted molar refractivity (Wildman–Crippen MR) is 99.6 cm³/mol. The van der Waals surface area contributed by atoms with E-state index in [2.05, 4.69) is 0 Å². The zero-order valence-corrected chi connectivity index (χ0v) is 15.5. The fourth-order valence-corrected chi connectivity index (χ4v) is 3.45. The molecular weight excluding hydrogens is 328 g/mol. The first-order valence-electron chi connectivity index (χ1n) is 8.43. The Morgan fingerprint density at radius 1 is 0.731 bits per heavy atom. The maximum atomic E-state index is 12.8. The molecule has 0 aromatic heterocycles. The van der Waals surface area contributed by atoms with Gasteiger partial charge in [0, 0.05) is 11.1 Å². The summed E-state index contributed by atoms with van der Waals surface area (Å²) in [5.41, 5.74) is -0.00757. The molecule has 0 aliphatic carbocycles. The summed E-state index contributed by atoms with van der Waals surface area (Å²) in [5, 5.41) is 0. The highest BCUT2D eigenvalue weighted by atomic mass is 16.2. The van der Waals surface area contributed by atoms with Crippen LogP contribution in [0.25, 0.3) is 0 Å². The van der Waals surface area contributed by atoms with E-state index in [1.807, 2.05) is 30.3 Å². The van der Waals surface area contributed by atoms with Gasteiger partial charge in [-0.2, -0.15) is 0 Å². The molecule has 4 nitrogen and oxygen atoms in total. The molecule has 0 fully saturated rings. The molecule has 2 aromatic rings. The van der Waals surface area contributed by atoms with Crippen molar-refractivity contribution in [3.8, 4) is 0 Å². The molecule has 134 valence electrons. The average molecular weight is 350 g/mol. The van der Waals surface area contributed by atoms with Crippen molar-refractivity contribution in [2.75, 3.05) is 0 Å². The lowest BCUT2D eigenvalue weighted by molar-refractivity contribution is -0.132. The molecule has 26 heavy (non-hydrogen) atoms. The maximum absolute atomic E-state index is 12.8. The van der Waals surface area contributed by atoms with E-state index in [-0.39, 0.29) is 40.7 Å². The van der Waals surface area contributed by atoms with E-state index in [0.29, 0.717) is 5.56 Å². The molecule has 4 heteroatoms. The molecule has 0 aliphatic heterocycles. The number of hydrogen-bond acceptors (Lipinski definition) is 4. The Bertz CT molecular complexity index is 864. The number of carbonyl (C=O) groups excluding carboxylic acids is 4. The van der Waals surface area contributed by atoms with Crippen LogP contribution in [0.4, 0.5) is 0 Å². The Morgan fingerprint density at radius 2 is 1.31 bits per heavy atom. The molecule has 0 heterocycles. The monoisotopic (exact) mass is 350 g/mol. The topological polar surface area (TPSA) is 68.3 Å². The van der Waals surface area contributed by atoms with Crippen LogP contribution in [0.15, 0.2) is 48.5 Å². The van der Waals surface area contributed by atoms with Crippen molar-refractivity contribution in [1.29, 1.82) is 0 Å². The molecule has 2 rings (SSSR count). The lowest BCUT2D eigenvalue weighted by Crippen LogP contribution is -2.44. The first-order chi connectivity index (χ1) is 12.2. The van der Waals surface area contributed by atoms with E-state index in [4.69, 9.17) is 0 Å². The van der Waals surface area contributed by atoms with E-state index >= 15 is 0 Å². The molecule has 0 amide bonds. The summed E-state index contributed by atoms with van der Waals surface area (Å²) < 4.78 is 0. The maximum Gasteiger partial charge on any atom is 0.160 e. The van der Waals surface area contributed by atoms with Gasteiger partial charge in [-0.3, -0.25) is 19.2 Å². The van der Waals surface area contributed by atoms with Gasteiger partial charge in [-0.05, 0) is 45.2 Å². The lowest BCUT2D eigenvalue weighted by atomic mass is 9.67. The van der Waals surface area contributed by atoms with Crippen molar-refractivity contribution in [2.45, 2.75) is 39.5 Å². The Kier molecular flexibility index (Phi) is 5.66. The smallest absolute Gasteiger partial charge is 0.160 e. The number of Topliss-reactive ketones (excluding diaryl/α,β-unsaturated/α-hetero) is 4. The van der Waals surface area contributed by atoms with Crippen LogP contribution in [-0.4, -0.2) is 23.1 Å². The third-order valence-corrected chi connectivity index (χ3v) is 4.77. The summed E-state index contributed by atoms with van der Waals surface area (Å²) in [5.74, 6) is -1.32. The molecule has 0 saturated carbocycles. The van der Waals surface area contributed by atoms with Crippen molar-refractivity contribution in [3.05, 3.63) is 70.8 Å². The summed E-state index contributed by atoms with van der Waals surface area (Å²) in [6.45, 7) is 5.42. The summed E-state index contributed by atoms with van der Waals surface area (Å²) in [7, 11) is 0. The van der Waals surface area contributed by atoms with Crippen LogP contribution >= 0.6 is 0 Å². The van der Waals surface area contributed by atoms with Gasteiger partial charge in [-0.25, -0.2) is 0 Å². The first kappa shape index (κ1) is 19.4. The minimum absolute atomic E-state index is 0.139. The van der Waals surface area contributed by atoms with Crippen molar-refractivity contribution in [2.24, 2.45) is 0 Å². The van der Waals surface area contributed by atoms with Gasteiger partial charge >= 0.3 is 0 Å². The third-order valence-electron chi connectivity index (χ3n) is 4.77. The van der Waals surface area contributed by atoms with Crippen molar-refractivity contribution >= 4 is 23.1 Å². The van der Waals surface area contributed by atoms with E-state index in [1.165, 1.54) is 27.7 Å². The second-order valence-corrected chi connectivity index (χ2v) is 6.52. The van der Waals surface area contributed by atoms with Gasteiger partial charge in [-0.15, -0.1) is 0 Å². The number of hydrogen-bond donors (Lipinski definition) is 0. The van der Waals surface area contributed by atoms with Gasteiger partial charge in [0.1, 0.15) is 17.0 Å². The molecular formula is C22H22O4. The number of ketones is 4. The summed E-state index contributed by atoms with van der Waals surface area (Å²) in [6.07, 6.45) is 0.139. The van der Waals surface area contributed by atoms with E-state index in [9.17, 15) is 19.2 Å². The minimum Gasteiger partial charge on any atom is -0.299 e. The predicted octanol–water partition coefficient (Wildman–Crippen LogP) is 3.75. The molecule has 0 spiro atoms. The zero-order chi connectivity index (χ0) is 19.5. The van der Waals surface area contributed by atoms with Crippen LogP contribution in [0.3, 0.4) is 0 Å². The highest BCUT2D eigenvalue weighted by Crippen LogP contribution is 2.35. The van der Waals surface area contributed by atoms with Gasteiger partial charge in [0.15, 0.2) is 11.6 Å². The van der Waals surface area contributed by atoms with Crippen LogP contribution < -0.4 is 0 Å². The average Bonchev–Trinajstić information content (AvgIpc) is 2.59. The van der Waals surface area contributed by atoms with E-state index < -0.39 is 5.41 Å². The molecule has 0 unspecified atom stereocenters.